The van der Waals surface area contributed by atoms with Crippen molar-refractivity contribution in [2.45, 2.75) is 51.2 Å². The van der Waals surface area contributed by atoms with Crippen LogP contribution in [0, 0.1) is 0 Å². The van der Waals surface area contributed by atoms with Crippen LogP contribution in [0.4, 0.5) is 0 Å². The Bertz CT molecular complexity index is 404. The van der Waals surface area contributed by atoms with Gasteiger partial charge in [0.1, 0.15) is 6.04 Å². The molecule has 3 unspecified atom stereocenters. The zero-order valence-electron chi connectivity index (χ0n) is 11.0. The minimum absolute atomic E-state index is 0.344. The Morgan fingerprint density at radius 2 is 2.06 bits per heavy atom. The van der Waals surface area contributed by atoms with Gasteiger partial charge < -0.3 is 5.11 Å². The molecule has 0 radical (unpaired) electrons. The first kappa shape index (κ1) is 13.1. The summed E-state index contributed by atoms with van der Waals surface area (Å²) >= 11 is 0. The van der Waals surface area contributed by atoms with Crippen molar-refractivity contribution >= 4 is 5.97 Å². The Kier molecular flexibility index (Phi) is 4.02. The third-order valence-electron chi connectivity index (χ3n) is 3.97. The average molecular weight is 247 g/mol. The Morgan fingerprint density at radius 1 is 1.39 bits per heavy atom. The van der Waals surface area contributed by atoms with E-state index in [-0.39, 0.29) is 0 Å². The molecule has 2 rings (SSSR count). The number of nitrogens with zero attached hydrogens (tertiary/aromatic N) is 1. The Balaban J connectivity index is 2.33. The zero-order valence-corrected chi connectivity index (χ0v) is 11.0. The number of carbonyl (C=O) groups is 1. The highest BCUT2D eigenvalue weighted by Crippen LogP contribution is 2.35. The van der Waals surface area contributed by atoms with Crippen LogP contribution < -0.4 is 0 Å². The van der Waals surface area contributed by atoms with E-state index in [4.69, 9.17) is 0 Å². The number of benzene rings is 1. The van der Waals surface area contributed by atoms with E-state index >= 15 is 0 Å². The van der Waals surface area contributed by atoms with Crippen LogP contribution in [-0.2, 0) is 4.79 Å². The van der Waals surface area contributed by atoms with Gasteiger partial charge in [-0.3, -0.25) is 9.69 Å². The molecule has 1 heterocycles. The Labute approximate surface area is 108 Å². The monoisotopic (exact) mass is 247 g/mol. The standard InChI is InChI=1S/C15H21NO2/c1-3-13-10-9-11(2)16(13)14(15(17)18)12-7-5-4-6-8-12/h4-8,11,13-14H,3,9-10H2,1-2H3,(H,17,18). The molecule has 98 valence electrons. The van der Waals surface area contributed by atoms with E-state index in [2.05, 4.69) is 18.7 Å². The fourth-order valence-electron chi connectivity index (χ4n) is 3.05. The fraction of sp³-hybridized carbons (Fsp3) is 0.533. The topological polar surface area (TPSA) is 40.5 Å². The van der Waals surface area contributed by atoms with Crippen molar-refractivity contribution < 1.29 is 9.90 Å². The first-order chi connectivity index (χ1) is 8.65. The summed E-state index contributed by atoms with van der Waals surface area (Å²) in [5.41, 5.74) is 0.886. The van der Waals surface area contributed by atoms with Crippen molar-refractivity contribution in [2.75, 3.05) is 0 Å². The van der Waals surface area contributed by atoms with Gasteiger partial charge in [0, 0.05) is 12.1 Å². The number of rotatable bonds is 4. The van der Waals surface area contributed by atoms with Crippen molar-refractivity contribution in [3.63, 3.8) is 0 Å². The molecule has 0 amide bonds. The Morgan fingerprint density at radius 3 is 2.61 bits per heavy atom. The number of hydrogen-bond donors (Lipinski definition) is 1. The van der Waals surface area contributed by atoms with Gasteiger partial charge in [0.15, 0.2) is 0 Å². The first-order valence-electron chi connectivity index (χ1n) is 6.70. The average Bonchev–Trinajstić information content (AvgIpc) is 2.72. The molecule has 1 saturated heterocycles. The largest absolute Gasteiger partial charge is 0.480 e. The third kappa shape index (κ3) is 2.41. The minimum Gasteiger partial charge on any atom is -0.480 e. The van der Waals surface area contributed by atoms with E-state index in [1.807, 2.05) is 30.3 Å². The predicted molar refractivity (Wildman–Crippen MR) is 71.4 cm³/mol. The number of likely N-dealkylation sites (tertiary alicyclic amines) is 1. The van der Waals surface area contributed by atoms with Crippen molar-refractivity contribution in [2.24, 2.45) is 0 Å². The molecule has 0 aliphatic carbocycles. The quantitative estimate of drug-likeness (QED) is 0.889. The number of carboxylic acids is 1. The third-order valence-corrected chi connectivity index (χ3v) is 3.97. The van der Waals surface area contributed by atoms with Crippen LogP contribution in [0.2, 0.25) is 0 Å². The van der Waals surface area contributed by atoms with Gasteiger partial charge in [0.25, 0.3) is 0 Å². The van der Waals surface area contributed by atoms with Gasteiger partial charge in [-0.1, -0.05) is 37.3 Å². The van der Waals surface area contributed by atoms with Gasteiger partial charge in [0.2, 0.25) is 0 Å². The summed E-state index contributed by atoms with van der Waals surface area (Å²) in [4.78, 5) is 13.8. The molecular formula is C15H21NO2. The van der Waals surface area contributed by atoms with Crippen LogP contribution in [0.1, 0.15) is 44.7 Å². The van der Waals surface area contributed by atoms with Gasteiger partial charge in [-0.15, -0.1) is 0 Å². The lowest BCUT2D eigenvalue weighted by atomic mass is 10.0. The van der Waals surface area contributed by atoms with E-state index < -0.39 is 12.0 Å². The maximum Gasteiger partial charge on any atom is 0.325 e. The maximum absolute atomic E-state index is 11.7. The van der Waals surface area contributed by atoms with Crippen LogP contribution >= 0.6 is 0 Å². The summed E-state index contributed by atoms with van der Waals surface area (Å²) in [5, 5.41) is 9.58. The maximum atomic E-state index is 11.7. The molecular weight excluding hydrogens is 226 g/mol. The lowest BCUT2D eigenvalue weighted by molar-refractivity contribution is -0.145. The highest BCUT2D eigenvalue weighted by atomic mass is 16.4. The summed E-state index contributed by atoms with van der Waals surface area (Å²) in [6.07, 6.45) is 3.21. The van der Waals surface area contributed by atoms with E-state index in [1.54, 1.807) is 0 Å². The summed E-state index contributed by atoms with van der Waals surface area (Å²) in [7, 11) is 0. The Hall–Kier alpha value is -1.35. The van der Waals surface area contributed by atoms with Crippen molar-refractivity contribution in [1.82, 2.24) is 4.90 Å². The molecule has 18 heavy (non-hydrogen) atoms. The van der Waals surface area contributed by atoms with Gasteiger partial charge in [-0.25, -0.2) is 0 Å². The van der Waals surface area contributed by atoms with Gasteiger partial charge >= 0.3 is 5.97 Å². The van der Waals surface area contributed by atoms with Gasteiger partial charge in [-0.05, 0) is 31.7 Å². The second kappa shape index (κ2) is 5.53. The van der Waals surface area contributed by atoms with Crippen LogP contribution in [0.3, 0.4) is 0 Å². The van der Waals surface area contributed by atoms with E-state index in [0.29, 0.717) is 12.1 Å². The lowest BCUT2D eigenvalue weighted by Crippen LogP contribution is -2.41. The molecule has 0 aromatic heterocycles. The number of aliphatic carboxylic acids is 1. The molecule has 1 fully saturated rings. The zero-order chi connectivity index (χ0) is 13.1. The first-order valence-corrected chi connectivity index (χ1v) is 6.70. The van der Waals surface area contributed by atoms with Crippen molar-refractivity contribution in [3.8, 4) is 0 Å². The van der Waals surface area contributed by atoms with E-state index in [9.17, 15) is 9.90 Å². The summed E-state index contributed by atoms with van der Waals surface area (Å²) in [6, 6.07) is 9.80. The van der Waals surface area contributed by atoms with Gasteiger partial charge in [-0.2, -0.15) is 0 Å². The highest BCUT2D eigenvalue weighted by molar-refractivity contribution is 5.75. The van der Waals surface area contributed by atoms with Crippen molar-refractivity contribution in [1.29, 1.82) is 0 Å². The van der Waals surface area contributed by atoms with Crippen LogP contribution in [0.25, 0.3) is 0 Å². The smallest absolute Gasteiger partial charge is 0.325 e. The lowest BCUT2D eigenvalue weighted by Gasteiger charge is -2.33. The van der Waals surface area contributed by atoms with Gasteiger partial charge in [0.05, 0.1) is 0 Å². The van der Waals surface area contributed by atoms with Crippen LogP contribution in [-0.4, -0.2) is 28.1 Å². The second-order valence-corrected chi connectivity index (χ2v) is 5.09. The van der Waals surface area contributed by atoms with E-state index in [0.717, 1.165) is 24.8 Å². The minimum atomic E-state index is -0.742. The molecule has 1 aliphatic heterocycles. The normalized spacial score (nSPS) is 26.1. The number of hydrogen-bond acceptors (Lipinski definition) is 2. The highest BCUT2D eigenvalue weighted by Gasteiger charge is 2.38. The summed E-state index contributed by atoms with van der Waals surface area (Å²) in [6.45, 7) is 4.27. The second-order valence-electron chi connectivity index (χ2n) is 5.09. The fourth-order valence-corrected chi connectivity index (χ4v) is 3.05. The molecule has 1 aromatic carbocycles. The molecule has 1 N–H and O–H groups in total. The molecule has 3 atom stereocenters. The van der Waals surface area contributed by atoms with E-state index in [1.165, 1.54) is 0 Å². The SMILES string of the molecule is CCC1CCC(C)N1C(C(=O)O)c1ccccc1. The molecule has 3 heteroatoms. The molecule has 1 aliphatic rings. The predicted octanol–water partition coefficient (Wildman–Crippen LogP) is 3.08. The number of carboxylic acid groups (broad SMARTS) is 1. The molecule has 0 spiro atoms. The molecule has 0 saturated carbocycles. The summed E-state index contributed by atoms with van der Waals surface area (Å²) < 4.78 is 0. The molecule has 1 aromatic rings. The molecule has 3 nitrogen and oxygen atoms in total. The van der Waals surface area contributed by atoms with Crippen molar-refractivity contribution in [3.05, 3.63) is 35.9 Å². The molecule has 0 bridgehead atoms. The summed E-state index contributed by atoms with van der Waals surface area (Å²) in [5.74, 6) is -0.742. The van der Waals surface area contributed by atoms with Crippen LogP contribution in [0.5, 0.6) is 0 Å². The van der Waals surface area contributed by atoms with Crippen LogP contribution in [0.15, 0.2) is 30.3 Å².